The molecule has 2 fully saturated rings. The Balaban J connectivity index is 0.00000210. The smallest absolute Gasteiger partial charge is 0.261 e. The minimum Gasteiger partial charge on any atom is -0.480 e. The van der Waals surface area contributed by atoms with E-state index in [1.807, 2.05) is 6.92 Å². The molecule has 2 unspecified atom stereocenters. The first-order valence-corrected chi connectivity index (χ1v) is 9.80. The summed E-state index contributed by atoms with van der Waals surface area (Å²) in [7, 11) is 3.19. The van der Waals surface area contributed by atoms with E-state index < -0.39 is 0 Å². The van der Waals surface area contributed by atoms with Crippen molar-refractivity contribution in [3.63, 3.8) is 0 Å². The number of carbonyl (C=O) groups is 1. The summed E-state index contributed by atoms with van der Waals surface area (Å²) in [6, 6.07) is 1.33. The fourth-order valence-corrected chi connectivity index (χ4v) is 5.22. The molecule has 7 nitrogen and oxygen atoms in total. The van der Waals surface area contributed by atoms with Gasteiger partial charge in [0.15, 0.2) is 5.82 Å². The second-order valence-corrected chi connectivity index (χ2v) is 8.10. The largest absolute Gasteiger partial charge is 0.480 e. The van der Waals surface area contributed by atoms with Crippen LogP contribution in [0.15, 0.2) is 0 Å². The number of nitrogens with one attached hydrogen (secondary N) is 2. The van der Waals surface area contributed by atoms with Crippen molar-refractivity contribution in [2.24, 2.45) is 0 Å². The molecule has 27 heavy (non-hydrogen) atoms. The quantitative estimate of drug-likeness (QED) is 0.785. The highest BCUT2D eigenvalue weighted by Crippen LogP contribution is 2.35. The van der Waals surface area contributed by atoms with Crippen LogP contribution in [0, 0.1) is 6.92 Å². The number of amides is 1. The van der Waals surface area contributed by atoms with Crippen molar-refractivity contribution in [3.05, 3.63) is 16.3 Å². The van der Waals surface area contributed by atoms with Crippen LogP contribution in [0.2, 0.25) is 0 Å². The molecule has 0 saturated carbocycles. The van der Waals surface area contributed by atoms with E-state index in [0.717, 1.165) is 28.6 Å². The van der Waals surface area contributed by atoms with Crippen LogP contribution in [0.5, 0.6) is 5.88 Å². The number of carbonyl (C=O) groups excluding carboxylic acids is 1. The molecule has 2 aliphatic rings. The monoisotopic (exact) mass is 412 g/mol. The van der Waals surface area contributed by atoms with Crippen molar-refractivity contribution in [2.75, 3.05) is 14.2 Å². The number of aryl methyl sites for hydroxylation is 1. The summed E-state index contributed by atoms with van der Waals surface area (Å²) in [5.41, 5.74) is 0.875. The molecule has 4 rings (SSSR count). The van der Waals surface area contributed by atoms with Gasteiger partial charge in [-0.25, -0.2) is 4.98 Å². The maximum atomic E-state index is 12.9. The standard InChI is InChI=1S/C18H24N4O3S.ClH/c1-9-14-17(25-3)21-13(8-24-2)22-18(14)26-15(9)16(23)20-12-6-10-4-5-11(7-12)19-10;/h10-12,19H,4-8H2,1-3H3,(H,20,23);1H. The molecule has 0 radical (unpaired) electrons. The summed E-state index contributed by atoms with van der Waals surface area (Å²) in [6.07, 6.45) is 4.45. The van der Waals surface area contributed by atoms with E-state index in [1.165, 1.54) is 24.2 Å². The van der Waals surface area contributed by atoms with Gasteiger partial charge in [0.2, 0.25) is 5.88 Å². The second kappa shape index (κ2) is 8.26. The third-order valence-corrected chi connectivity index (χ3v) is 6.47. The van der Waals surface area contributed by atoms with E-state index in [-0.39, 0.29) is 24.4 Å². The molecule has 2 aliphatic heterocycles. The molecule has 1 amide bonds. The van der Waals surface area contributed by atoms with Crippen molar-refractivity contribution >= 4 is 39.9 Å². The molecule has 148 valence electrons. The minimum atomic E-state index is -0.0212. The molecule has 2 bridgehead atoms. The van der Waals surface area contributed by atoms with E-state index in [0.29, 0.717) is 35.3 Å². The number of methoxy groups -OCH3 is 2. The van der Waals surface area contributed by atoms with Crippen molar-refractivity contribution < 1.29 is 14.3 Å². The number of ether oxygens (including phenoxy) is 2. The fourth-order valence-electron chi connectivity index (χ4n) is 4.13. The number of thiophene rings is 1. The predicted octanol–water partition coefficient (Wildman–Crippen LogP) is 2.59. The van der Waals surface area contributed by atoms with E-state index >= 15 is 0 Å². The summed E-state index contributed by atoms with van der Waals surface area (Å²) in [5, 5.41) is 7.65. The van der Waals surface area contributed by atoms with Gasteiger partial charge in [-0.05, 0) is 38.2 Å². The Morgan fingerprint density at radius 1 is 1.26 bits per heavy atom. The van der Waals surface area contributed by atoms with Crippen LogP contribution in [0.1, 0.15) is 46.7 Å². The summed E-state index contributed by atoms with van der Waals surface area (Å²) in [4.78, 5) is 23.3. The van der Waals surface area contributed by atoms with Crippen LogP contribution >= 0.6 is 23.7 Å². The van der Waals surface area contributed by atoms with Crippen molar-refractivity contribution in [1.29, 1.82) is 0 Å². The molecule has 2 saturated heterocycles. The number of piperidine rings is 1. The third kappa shape index (κ3) is 3.89. The lowest BCUT2D eigenvalue weighted by Crippen LogP contribution is -2.48. The van der Waals surface area contributed by atoms with E-state index in [4.69, 9.17) is 9.47 Å². The molecule has 2 aromatic rings. The maximum Gasteiger partial charge on any atom is 0.261 e. The minimum absolute atomic E-state index is 0. The highest BCUT2D eigenvalue weighted by Gasteiger charge is 2.34. The topological polar surface area (TPSA) is 85.4 Å². The van der Waals surface area contributed by atoms with Gasteiger partial charge in [-0.1, -0.05) is 0 Å². The Kier molecular flexibility index (Phi) is 6.20. The van der Waals surface area contributed by atoms with Gasteiger partial charge in [0.05, 0.1) is 17.4 Å². The average molecular weight is 413 g/mol. The van der Waals surface area contributed by atoms with E-state index in [2.05, 4.69) is 20.6 Å². The highest BCUT2D eigenvalue weighted by molar-refractivity contribution is 7.20. The third-order valence-electron chi connectivity index (χ3n) is 5.28. The van der Waals surface area contributed by atoms with Crippen LogP contribution in [0.25, 0.3) is 10.2 Å². The Morgan fingerprint density at radius 3 is 2.59 bits per heavy atom. The number of fused-ring (bicyclic) bond motifs is 3. The first kappa shape index (κ1) is 20.3. The van der Waals surface area contributed by atoms with Crippen molar-refractivity contribution in [2.45, 2.75) is 57.3 Å². The average Bonchev–Trinajstić information content (AvgIpc) is 3.14. The maximum absolute atomic E-state index is 12.9. The first-order chi connectivity index (χ1) is 12.6. The zero-order valence-electron chi connectivity index (χ0n) is 15.7. The van der Waals surface area contributed by atoms with Crippen LogP contribution < -0.4 is 15.4 Å². The molecule has 2 atom stereocenters. The van der Waals surface area contributed by atoms with Crippen molar-refractivity contribution in [3.8, 4) is 5.88 Å². The highest BCUT2D eigenvalue weighted by atomic mass is 35.5. The number of aromatic nitrogens is 2. The van der Waals surface area contributed by atoms with E-state index in [1.54, 1.807) is 14.2 Å². The lowest BCUT2D eigenvalue weighted by atomic mass is 9.99. The number of nitrogens with zero attached hydrogens (tertiary/aromatic N) is 2. The Morgan fingerprint density at radius 2 is 1.96 bits per heavy atom. The lowest BCUT2D eigenvalue weighted by Gasteiger charge is -2.29. The van der Waals surface area contributed by atoms with Gasteiger partial charge in [-0.2, -0.15) is 4.98 Å². The van der Waals surface area contributed by atoms with Crippen LogP contribution in [-0.2, 0) is 11.3 Å². The molecule has 4 heterocycles. The van der Waals surface area contributed by atoms with Gasteiger partial charge in [0.1, 0.15) is 11.4 Å². The molecule has 9 heteroatoms. The molecule has 0 aliphatic carbocycles. The fraction of sp³-hybridized carbons (Fsp3) is 0.611. The Bertz CT molecular complexity index is 832. The summed E-state index contributed by atoms with van der Waals surface area (Å²) in [5.74, 6) is 1.03. The predicted molar refractivity (Wildman–Crippen MR) is 107 cm³/mol. The summed E-state index contributed by atoms with van der Waals surface area (Å²) in [6.45, 7) is 2.24. The second-order valence-electron chi connectivity index (χ2n) is 7.10. The molecule has 0 aromatic carbocycles. The SMILES string of the molecule is COCc1nc(OC)c2c(C)c(C(=O)NC3CC4CCC(C3)N4)sc2n1.Cl. The van der Waals surface area contributed by atoms with Crippen LogP contribution in [0.4, 0.5) is 0 Å². The zero-order valence-corrected chi connectivity index (χ0v) is 17.3. The molecular formula is C18H25ClN4O3S. The van der Waals surface area contributed by atoms with Gasteiger partial charge in [-0.3, -0.25) is 4.79 Å². The zero-order chi connectivity index (χ0) is 18.3. The Labute approximate surface area is 168 Å². The molecule has 2 aromatic heterocycles. The van der Waals surface area contributed by atoms with Crippen molar-refractivity contribution in [1.82, 2.24) is 20.6 Å². The van der Waals surface area contributed by atoms with Crippen LogP contribution in [0.3, 0.4) is 0 Å². The number of halogens is 1. The van der Waals surface area contributed by atoms with Gasteiger partial charge < -0.3 is 20.1 Å². The first-order valence-electron chi connectivity index (χ1n) is 8.99. The molecule has 0 spiro atoms. The van der Waals surface area contributed by atoms with Gasteiger partial charge in [0.25, 0.3) is 5.91 Å². The van der Waals surface area contributed by atoms with Gasteiger partial charge >= 0.3 is 0 Å². The van der Waals surface area contributed by atoms with Crippen LogP contribution in [-0.4, -0.2) is 48.2 Å². The van der Waals surface area contributed by atoms with E-state index in [9.17, 15) is 4.79 Å². The summed E-state index contributed by atoms with van der Waals surface area (Å²) < 4.78 is 10.6. The van der Waals surface area contributed by atoms with Gasteiger partial charge in [-0.15, -0.1) is 23.7 Å². The number of hydrogen-bond acceptors (Lipinski definition) is 7. The molecular weight excluding hydrogens is 388 g/mol. The van der Waals surface area contributed by atoms with Gasteiger partial charge in [0, 0.05) is 25.2 Å². The number of rotatable bonds is 5. The lowest BCUT2D eigenvalue weighted by molar-refractivity contribution is 0.0927. The Hall–Kier alpha value is -1.48. The summed E-state index contributed by atoms with van der Waals surface area (Å²) >= 11 is 1.39. The normalized spacial score (nSPS) is 23.9. The number of hydrogen-bond donors (Lipinski definition) is 2. The molecule has 2 N–H and O–H groups in total.